The lowest BCUT2D eigenvalue weighted by atomic mass is 9.94. The van der Waals surface area contributed by atoms with Gasteiger partial charge in [-0.2, -0.15) is 0 Å². The fourth-order valence-corrected chi connectivity index (χ4v) is 3.61. The molecule has 3 nitrogen and oxygen atoms in total. The van der Waals surface area contributed by atoms with Crippen LogP contribution in [0.2, 0.25) is 5.02 Å². The molecule has 3 N–H and O–H groups in total. The van der Waals surface area contributed by atoms with Gasteiger partial charge in [-0.1, -0.05) is 33.6 Å². The topological polar surface area (TPSA) is 49.5 Å². The Morgan fingerprint density at radius 2 is 2.30 bits per heavy atom. The largest absolute Gasteiger partial charge is 0.389 e. The number of hydrogen-bond donors (Lipinski definition) is 2. The van der Waals surface area contributed by atoms with Crippen LogP contribution >= 0.6 is 27.5 Å². The van der Waals surface area contributed by atoms with Crippen molar-refractivity contribution in [3.05, 3.63) is 33.3 Å². The lowest BCUT2D eigenvalue weighted by molar-refractivity contribution is -0.0161. The van der Waals surface area contributed by atoms with Crippen LogP contribution in [0.3, 0.4) is 0 Å². The molecule has 0 aromatic heterocycles. The van der Waals surface area contributed by atoms with Crippen molar-refractivity contribution in [3.63, 3.8) is 0 Å². The molecule has 1 aromatic rings. The summed E-state index contributed by atoms with van der Waals surface area (Å²) in [6.07, 6.45) is 2.77. The minimum atomic E-state index is -0.558. The Morgan fingerprint density at radius 3 is 2.95 bits per heavy atom. The van der Waals surface area contributed by atoms with Crippen molar-refractivity contribution in [1.29, 1.82) is 0 Å². The molecule has 0 aliphatic carbocycles. The van der Waals surface area contributed by atoms with E-state index in [1.807, 2.05) is 25.1 Å². The molecular formula is C15H22BrClN2O. The van der Waals surface area contributed by atoms with Gasteiger partial charge in [-0.05, 0) is 50.4 Å². The van der Waals surface area contributed by atoms with E-state index in [2.05, 4.69) is 20.8 Å². The number of halogens is 2. The molecule has 0 bridgehead atoms. The maximum atomic E-state index is 10.1. The number of aliphatic hydroxyl groups is 1. The smallest absolute Gasteiger partial charge is 0.0746 e. The monoisotopic (exact) mass is 360 g/mol. The molecule has 0 amide bonds. The van der Waals surface area contributed by atoms with E-state index in [1.54, 1.807) is 0 Å². The SMILES string of the molecule is CC1(O)CCCN(CCC(N)c2ccc(Br)cc2Cl)C1. The zero-order chi connectivity index (χ0) is 14.8. The Hall–Kier alpha value is -0.130. The second-order valence-electron chi connectivity index (χ2n) is 5.94. The Labute approximate surface area is 134 Å². The van der Waals surface area contributed by atoms with Crippen LogP contribution in [-0.2, 0) is 0 Å². The molecule has 1 aliphatic heterocycles. The predicted molar refractivity (Wildman–Crippen MR) is 87.0 cm³/mol. The van der Waals surface area contributed by atoms with Crippen molar-refractivity contribution in [2.45, 2.75) is 37.8 Å². The molecule has 1 aliphatic rings. The average Bonchev–Trinajstić information content (AvgIpc) is 2.35. The summed E-state index contributed by atoms with van der Waals surface area (Å²) in [7, 11) is 0. The van der Waals surface area contributed by atoms with Gasteiger partial charge < -0.3 is 15.7 Å². The number of benzene rings is 1. The molecule has 1 aromatic carbocycles. The Kier molecular flexibility index (Phi) is 5.49. The van der Waals surface area contributed by atoms with Crippen molar-refractivity contribution in [2.75, 3.05) is 19.6 Å². The van der Waals surface area contributed by atoms with Crippen LogP contribution in [0, 0.1) is 0 Å². The Bertz CT molecular complexity index is 467. The van der Waals surface area contributed by atoms with Crippen molar-refractivity contribution in [2.24, 2.45) is 5.73 Å². The van der Waals surface area contributed by atoms with Crippen LogP contribution in [-0.4, -0.2) is 35.2 Å². The maximum Gasteiger partial charge on any atom is 0.0746 e. The molecule has 2 rings (SSSR count). The summed E-state index contributed by atoms with van der Waals surface area (Å²) in [5.41, 5.74) is 6.67. The molecule has 2 atom stereocenters. The maximum absolute atomic E-state index is 10.1. The molecule has 0 saturated carbocycles. The highest BCUT2D eigenvalue weighted by Gasteiger charge is 2.28. The van der Waals surface area contributed by atoms with Crippen molar-refractivity contribution in [1.82, 2.24) is 4.90 Å². The molecule has 20 heavy (non-hydrogen) atoms. The summed E-state index contributed by atoms with van der Waals surface area (Å²) in [4.78, 5) is 2.29. The fourth-order valence-electron chi connectivity index (χ4n) is 2.79. The molecule has 0 radical (unpaired) electrons. The van der Waals surface area contributed by atoms with Gasteiger partial charge in [0.05, 0.1) is 5.60 Å². The number of rotatable bonds is 4. The van der Waals surface area contributed by atoms with E-state index in [9.17, 15) is 5.11 Å². The molecule has 1 saturated heterocycles. The Morgan fingerprint density at radius 1 is 1.55 bits per heavy atom. The van der Waals surface area contributed by atoms with Crippen LogP contribution in [0.15, 0.2) is 22.7 Å². The number of nitrogens with zero attached hydrogens (tertiary/aromatic N) is 1. The highest BCUT2D eigenvalue weighted by Crippen LogP contribution is 2.28. The van der Waals surface area contributed by atoms with Gasteiger partial charge in [-0.15, -0.1) is 0 Å². The number of β-amino-alcohol motifs (C(OH)–C–C–N with tert-alkyl or cyclic N) is 1. The molecule has 2 unspecified atom stereocenters. The minimum Gasteiger partial charge on any atom is -0.389 e. The highest BCUT2D eigenvalue weighted by atomic mass is 79.9. The van der Waals surface area contributed by atoms with Gasteiger partial charge in [0, 0.05) is 28.6 Å². The van der Waals surface area contributed by atoms with Crippen LogP contribution in [0.1, 0.15) is 37.8 Å². The quantitative estimate of drug-likeness (QED) is 0.865. The first-order valence-electron chi connectivity index (χ1n) is 7.03. The summed E-state index contributed by atoms with van der Waals surface area (Å²) >= 11 is 9.63. The average molecular weight is 362 g/mol. The van der Waals surface area contributed by atoms with Crippen LogP contribution < -0.4 is 5.73 Å². The molecule has 1 heterocycles. The van der Waals surface area contributed by atoms with Crippen molar-refractivity contribution < 1.29 is 5.11 Å². The molecule has 112 valence electrons. The standard InChI is InChI=1S/C15H22BrClN2O/c1-15(20)6-2-7-19(10-15)8-5-14(18)12-4-3-11(16)9-13(12)17/h3-4,9,14,20H,2,5-8,10,18H2,1H3. The molecule has 0 spiro atoms. The van der Waals surface area contributed by atoms with Crippen molar-refractivity contribution >= 4 is 27.5 Å². The van der Waals surface area contributed by atoms with Crippen LogP contribution in [0.5, 0.6) is 0 Å². The summed E-state index contributed by atoms with van der Waals surface area (Å²) in [5.74, 6) is 0. The number of piperidine rings is 1. The highest BCUT2D eigenvalue weighted by molar-refractivity contribution is 9.10. The number of nitrogens with two attached hydrogens (primary N) is 1. The normalized spacial score (nSPS) is 25.6. The molecule has 5 heteroatoms. The summed E-state index contributed by atoms with van der Waals surface area (Å²) in [6, 6.07) is 5.75. The van der Waals surface area contributed by atoms with Crippen molar-refractivity contribution in [3.8, 4) is 0 Å². The third-order valence-corrected chi connectivity index (χ3v) is 4.69. The van der Waals surface area contributed by atoms with Gasteiger partial charge in [0.1, 0.15) is 0 Å². The summed E-state index contributed by atoms with van der Waals surface area (Å²) in [5, 5.41) is 10.8. The van der Waals surface area contributed by atoms with Gasteiger partial charge in [0.15, 0.2) is 0 Å². The first-order valence-corrected chi connectivity index (χ1v) is 8.20. The fraction of sp³-hybridized carbons (Fsp3) is 0.600. The van der Waals surface area contributed by atoms with E-state index in [0.717, 1.165) is 48.9 Å². The zero-order valence-corrected chi connectivity index (χ0v) is 14.1. The molecular weight excluding hydrogens is 340 g/mol. The summed E-state index contributed by atoms with van der Waals surface area (Å²) < 4.78 is 0.963. The van der Waals surface area contributed by atoms with E-state index in [0.29, 0.717) is 5.02 Å². The van der Waals surface area contributed by atoms with Crippen LogP contribution in [0.4, 0.5) is 0 Å². The second-order valence-corrected chi connectivity index (χ2v) is 7.26. The van der Waals surface area contributed by atoms with Gasteiger partial charge in [-0.25, -0.2) is 0 Å². The Balaban J connectivity index is 1.90. The van der Waals surface area contributed by atoms with Gasteiger partial charge in [0.25, 0.3) is 0 Å². The lowest BCUT2D eigenvalue weighted by Crippen LogP contribution is -2.46. The number of likely N-dealkylation sites (tertiary alicyclic amines) is 1. The third-order valence-electron chi connectivity index (χ3n) is 3.87. The van der Waals surface area contributed by atoms with E-state index in [4.69, 9.17) is 17.3 Å². The van der Waals surface area contributed by atoms with E-state index < -0.39 is 5.60 Å². The van der Waals surface area contributed by atoms with Crippen LogP contribution in [0.25, 0.3) is 0 Å². The van der Waals surface area contributed by atoms with E-state index in [1.165, 1.54) is 0 Å². The number of hydrogen-bond acceptors (Lipinski definition) is 3. The lowest BCUT2D eigenvalue weighted by Gasteiger charge is -2.37. The first-order chi connectivity index (χ1) is 9.37. The summed E-state index contributed by atoms with van der Waals surface area (Å²) in [6.45, 7) is 4.57. The predicted octanol–water partition coefficient (Wildman–Crippen LogP) is 3.34. The molecule has 1 fully saturated rings. The first kappa shape index (κ1) is 16.2. The zero-order valence-electron chi connectivity index (χ0n) is 11.8. The van der Waals surface area contributed by atoms with Gasteiger partial charge in [-0.3, -0.25) is 0 Å². The van der Waals surface area contributed by atoms with Gasteiger partial charge in [0.2, 0.25) is 0 Å². The third kappa shape index (κ3) is 4.43. The second kappa shape index (κ2) is 6.75. The van der Waals surface area contributed by atoms with E-state index >= 15 is 0 Å². The van der Waals surface area contributed by atoms with Gasteiger partial charge >= 0.3 is 0 Å². The minimum absolute atomic E-state index is 0.0672. The van der Waals surface area contributed by atoms with E-state index in [-0.39, 0.29) is 6.04 Å².